The summed E-state index contributed by atoms with van der Waals surface area (Å²) < 4.78 is 0. The van der Waals surface area contributed by atoms with Crippen LogP contribution in [0.25, 0.3) is 0 Å². The van der Waals surface area contributed by atoms with Crippen molar-refractivity contribution in [2.75, 3.05) is 12.1 Å². The predicted molar refractivity (Wildman–Crippen MR) is 97.6 cm³/mol. The molecule has 6 heteroatoms. The second-order valence-corrected chi connectivity index (χ2v) is 8.79. The summed E-state index contributed by atoms with van der Waals surface area (Å²) in [6.45, 7) is 8.35. The van der Waals surface area contributed by atoms with E-state index in [1.807, 2.05) is 26.8 Å². The van der Waals surface area contributed by atoms with Crippen LogP contribution in [0.4, 0.5) is 5.69 Å². The maximum Gasteiger partial charge on any atom is 0.348 e. The SMILES string of the molecule is CNN(C(=O)C1CCC(C)CC1)c1cc(C(C)(C)C)sc1C(=O)O. The van der Waals surface area contributed by atoms with Gasteiger partial charge in [-0.3, -0.25) is 4.79 Å². The Kier molecular flexibility index (Phi) is 5.71. The van der Waals surface area contributed by atoms with Gasteiger partial charge in [-0.05, 0) is 43.1 Å². The van der Waals surface area contributed by atoms with Gasteiger partial charge in [0.15, 0.2) is 0 Å². The smallest absolute Gasteiger partial charge is 0.348 e. The number of carboxylic acids is 1. The van der Waals surface area contributed by atoms with Crippen LogP contribution in [0.5, 0.6) is 0 Å². The first-order valence-electron chi connectivity index (χ1n) is 8.54. The fraction of sp³-hybridized carbons (Fsp3) is 0.667. The van der Waals surface area contributed by atoms with Gasteiger partial charge in [-0.1, -0.05) is 27.7 Å². The molecule has 1 amide bonds. The van der Waals surface area contributed by atoms with Crippen molar-refractivity contribution in [2.24, 2.45) is 11.8 Å². The molecule has 1 saturated carbocycles. The number of hydrazine groups is 1. The summed E-state index contributed by atoms with van der Waals surface area (Å²) in [5, 5.41) is 11.0. The molecule has 0 aliphatic heterocycles. The second kappa shape index (κ2) is 7.23. The molecular formula is C18H28N2O3S. The number of anilines is 1. The highest BCUT2D eigenvalue weighted by atomic mass is 32.1. The van der Waals surface area contributed by atoms with E-state index in [0.717, 1.165) is 30.6 Å². The molecular weight excluding hydrogens is 324 g/mol. The number of carbonyl (C=O) groups excluding carboxylic acids is 1. The van der Waals surface area contributed by atoms with Gasteiger partial charge in [-0.2, -0.15) is 0 Å². The zero-order valence-corrected chi connectivity index (χ0v) is 16.0. The number of hydrogen-bond donors (Lipinski definition) is 2. The lowest BCUT2D eigenvalue weighted by atomic mass is 9.82. The minimum atomic E-state index is -0.990. The van der Waals surface area contributed by atoms with Crippen LogP contribution in [0.3, 0.4) is 0 Å². The monoisotopic (exact) mass is 352 g/mol. The average molecular weight is 353 g/mol. The van der Waals surface area contributed by atoms with E-state index in [1.54, 1.807) is 7.05 Å². The highest BCUT2D eigenvalue weighted by molar-refractivity contribution is 7.14. The van der Waals surface area contributed by atoms with Crippen LogP contribution in [0.1, 0.15) is 67.9 Å². The molecule has 0 unspecified atom stereocenters. The largest absolute Gasteiger partial charge is 0.477 e. The third kappa shape index (κ3) is 3.98. The minimum absolute atomic E-state index is 0.0230. The van der Waals surface area contributed by atoms with Crippen molar-refractivity contribution in [1.29, 1.82) is 0 Å². The van der Waals surface area contributed by atoms with Crippen molar-refractivity contribution in [3.05, 3.63) is 15.8 Å². The Morgan fingerprint density at radius 2 is 1.83 bits per heavy atom. The quantitative estimate of drug-likeness (QED) is 0.803. The molecule has 5 nitrogen and oxygen atoms in total. The third-order valence-corrected chi connectivity index (χ3v) is 6.23. The Balaban J connectivity index is 2.34. The number of carboxylic acid groups (broad SMARTS) is 1. The lowest BCUT2D eigenvalue weighted by molar-refractivity contribution is -0.124. The van der Waals surface area contributed by atoms with Gasteiger partial charge in [0.05, 0.1) is 5.69 Å². The van der Waals surface area contributed by atoms with E-state index in [-0.39, 0.29) is 22.1 Å². The molecule has 1 aliphatic rings. The first-order chi connectivity index (χ1) is 11.1. The Hall–Kier alpha value is -1.40. The van der Waals surface area contributed by atoms with Crippen molar-refractivity contribution in [3.8, 4) is 0 Å². The molecule has 0 saturated heterocycles. The fourth-order valence-corrected chi connectivity index (χ4v) is 4.15. The van der Waals surface area contributed by atoms with Crippen LogP contribution in [-0.4, -0.2) is 24.0 Å². The Labute approximate surface area is 148 Å². The molecule has 1 aliphatic carbocycles. The van der Waals surface area contributed by atoms with Gasteiger partial charge in [0.1, 0.15) is 4.88 Å². The van der Waals surface area contributed by atoms with Crippen LogP contribution in [0, 0.1) is 11.8 Å². The van der Waals surface area contributed by atoms with Crippen LogP contribution in [0.2, 0.25) is 0 Å². The molecule has 1 aromatic rings. The van der Waals surface area contributed by atoms with Crippen LogP contribution < -0.4 is 10.4 Å². The summed E-state index contributed by atoms with van der Waals surface area (Å²) in [5.41, 5.74) is 3.22. The van der Waals surface area contributed by atoms with E-state index in [4.69, 9.17) is 0 Å². The Morgan fingerprint density at radius 3 is 2.29 bits per heavy atom. The van der Waals surface area contributed by atoms with Crippen molar-refractivity contribution in [2.45, 2.75) is 58.8 Å². The topological polar surface area (TPSA) is 69.6 Å². The Bertz CT molecular complexity index is 610. The number of aromatic carboxylic acids is 1. The van der Waals surface area contributed by atoms with E-state index in [9.17, 15) is 14.7 Å². The van der Waals surface area contributed by atoms with Crippen molar-refractivity contribution in [3.63, 3.8) is 0 Å². The van der Waals surface area contributed by atoms with Gasteiger partial charge >= 0.3 is 5.97 Å². The number of nitrogens with one attached hydrogen (secondary N) is 1. The van der Waals surface area contributed by atoms with Crippen LogP contribution in [0.15, 0.2) is 6.07 Å². The van der Waals surface area contributed by atoms with Gasteiger partial charge in [0, 0.05) is 17.8 Å². The normalized spacial score (nSPS) is 21.5. The predicted octanol–water partition coefficient (Wildman–Crippen LogP) is 4.04. The zero-order valence-electron chi connectivity index (χ0n) is 15.2. The number of carbonyl (C=O) groups is 2. The number of nitrogens with zero attached hydrogens (tertiary/aromatic N) is 1. The number of hydrogen-bond acceptors (Lipinski definition) is 4. The first-order valence-corrected chi connectivity index (χ1v) is 9.35. The maximum absolute atomic E-state index is 12.9. The molecule has 1 aromatic heterocycles. The number of amides is 1. The van der Waals surface area contributed by atoms with Gasteiger partial charge in [0.2, 0.25) is 5.91 Å². The van der Waals surface area contributed by atoms with E-state index >= 15 is 0 Å². The third-order valence-electron chi connectivity index (χ3n) is 4.70. The average Bonchev–Trinajstić information content (AvgIpc) is 2.94. The molecule has 134 valence electrons. The first kappa shape index (κ1) is 18.9. The van der Waals surface area contributed by atoms with Crippen LogP contribution in [-0.2, 0) is 10.2 Å². The number of thiophene rings is 1. The van der Waals surface area contributed by atoms with E-state index in [1.165, 1.54) is 16.3 Å². The lowest BCUT2D eigenvalue weighted by Crippen LogP contribution is -2.45. The standard InChI is InChI=1S/C18H28N2O3S/c1-11-6-8-12(9-7-11)16(21)20(19-5)13-10-14(18(2,3)4)24-15(13)17(22)23/h10-12,19H,6-9H2,1-5H3,(H,22,23). The fourth-order valence-electron chi connectivity index (χ4n) is 3.11. The van der Waals surface area contributed by atoms with Gasteiger partial charge in [0.25, 0.3) is 0 Å². The van der Waals surface area contributed by atoms with Crippen molar-refractivity contribution < 1.29 is 14.7 Å². The number of rotatable bonds is 4. The molecule has 2 rings (SSSR count). The van der Waals surface area contributed by atoms with Crippen molar-refractivity contribution >= 4 is 28.9 Å². The molecule has 1 heterocycles. The zero-order chi connectivity index (χ0) is 18.1. The molecule has 0 aromatic carbocycles. The second-order valence-electron chi connectivity index (χ2n) is 7.73. The Morgan fingerprint density at radius 1 is 1.25 bits per heavy atom. The van der Waals surface area contributed by atoms with E-state index < -0.39 is 5.97 Å². The molecule has 0 radical (unpaired) electrons. The summed E-state index contributed by atoms with van der Waals surface area (Å²) in [5.74, 6) is -0.380. The van der Waals surface area contributed by atoms with Gasteiger partial charge < -0.3 is 5.11 Å². The lowest BCUT2D eigenvalue weighted by Gasteiger charge is -2.30. The highest BCUT2D eigenvalue weighted by Gasteiger charge is 2.32. The molecule has 2 N–H and O–H groups in total. The van der Waals surface area contributed by atoms with E-state index in [0.29, 0.717) is 11.6 Å². The summed E-state index contributed by atoms with van der Waals surface area (Å²) in [4.78, 5) is 25.8. The minimum Gasteiger partial charge on any atom is -0.477 e. The summed E-state index contributed by atoms with van der Waals surface area (Å²) in [6.07, 6.45) is 3.85. The van der Waals surface area contributed by atoms with Crippen LogP contribution >= 0.6 is 11.3 Å². The molecule has 0 bridgehead atoms. The summed E-state index contributed by atoms with van der Waals surface area (Å²) in [7, 11) is 1.67. The maximum atomic E-state index is 12.9. The highest BCUT2D eigenvalue weighted by Crippen LogP contribution is 2.38. The summed E-state index contributed by atoms with van der Waals surface area (Å²) >= 11 is 1.25. The van der Waals surface area contributed by atoms with Crippen molar-refractivity contribution in [1.82, 2.24) is 5.43 Å². The van der Waals surface area contributed by atoms with E-state index in [2.05, 4.69) is 12.3 Å². The molecule has 1 fully saturated rings. The van der Waals surface area contributed by atoms with Gasteiger partial charge in [-0.25, -0.2) is 15.2 Å². The molecule has 24 heavy (non-hydrogen) atoms. The summed E-state index contributed by atoms with van der Waals surface area (Å²) in [6, 6.07) is 1.84. The molecule has 0 atom stereocenters. The van der Waals surface area contributed by atoms with Gasteiger partial charge in [-0.15, -0.1) is 11.3 Å². The molecule has 0 spiro atoms.